The smallest absolute Gasteiger partial charge is 0.118 e. The van der Waals surface area contributed by atoms with Crippen LogP contribution in [0.2, 0.25) is 0 Å². The van der Waals surface area contributed by atoms with Gasteiger partial charge in [0.15, 0.2) is 0 Å². The molecule has 1 atom stereocenters. The number of aryl methyl sites for hydroxylation is 1. The number of aromatic nitrogens is 1. The van der Waals surface area contributed by atoms with Gasteiger partial charge in [-0.15, -0.1) is 11.3 Å². The summed E-state index contributed by atoms with van der Waals surface area (Å²) in [4.78, 5) is 4.48. The molecular formula is C14H18N2OS. The molecule has 0 aliphatic heterocycles. The first-order valence-electron chi connectivity index (χ1n) is 5.86. The number of benzene rings is 1. The van der Waals surface area contributed by atoms with Gasteiger partial charge in [0, 0.05) is 11.1 Å². The van der Waals surface area contributed by atoms with Gasteiger partial charge in [-0.25, -0.2) is 4.98 Å². The average molecular weight is 262 g/mol. The minimum atomic E-state index is -0.423. The normalized spacial score (nSPS) is 14.2. The molecule has 0 aliphatic rings. The van der Waals surface area contributed by atoms with Gasteiger partial charge < -0.3 is 10.5 Å². The third kappa shape index (κ3) is 2.89. The topological polar surface area (TPSA) is 48.1 Å². The Bertz CT molecular complexity index is 517. The largest absolute Gasteiger partial charge is 0.497 e. The number of hydrogen-bond acceptors (Lipinski definition) is 4. The van der Waals surface area contributed by atoms with Gasteiger partial charge in [-0.1, -0.05) is 12.1 Å². The molecule has 1 heterocycles. The Balaban J connectivity index is 2.16. The first kappa shape index (κ1) is 13.1. The van der Waals surface area contributed by atoms with Crippen LogP contribution in [0.15, 0.2) is 29.6 Å². The molecule has 0 bridgehead atoms. The van der Waals surface area contributed by atoms with Crippen LogP contribution in [0, 0.1) is 6.92 Å². The molecule has 0 radical (unpaired) electrons. The van der Waals surface area contributed by atoms with Crippen molar-refractivity contribution in [2.45, 2.75) is 25.8 Å². The quantitative estimate of drug-likeness (QED) is 0.921. The van der Waals surface area contributed by atoms with E-state index >= 15 is 0 Å². The number of hydrogen-bond donors (Lipinski definition) is 1. The van der Waals surface area contributed by atoms with E-state index in [2.05, 4.69) is 4.98 Å². The highest BCUT2D eigenvalue weighted by Crippen LogP contribution is 2.26. The molecule has 3 nitrogen and oxygen atoms in total. The van der Waals surface area contributed by atoms with Crippen LogP contribution in [0.5, 0.6) is 5.75 Å². The van der Waals surface area contributed by atoms with Crippen LogP contribution >= 0.6 is 11.3 Å². The van der Waals surface area contributed by atoms with E-state index in [1.54, 1.807) is 18.4 Å². The molecule has 96 valence electrons. The minimum absolute atomic E-state index is 0.423. The monoisotopic (exact) mass is 262 g/mol. The molecule has 0 saturated heterocycles. The number of nitrogens with zero attached hydrogens (tertiary/aromatic N) is 1. The second kappa shape index (κ2) is 5.08. The van der Waals surface area contributed by atoms with Gasteiger partial charge in [0.2, 0.25) is 0 Å². The fraction of sp³-hybridized carbons (Fsp3) is 0.357. The predicted molar refractivity (Wildman–Crippen MR) is 75.1 cm³/mol. The van der Waals surface area contributed by atoms with Crippen molar-refractivity contribution in [2.75, 3.05) is 7.11 Å². The summed E-state index contributed by atoms with van der Waals surface area (Å²) in [5.41, 5.74) is 8.17. The number of rotatable bonds is 4. The van der Waals surface area contributed by atoms with E-state index in [0.29, 0.717) is 0 Å². The molecule has 0 saturated carbocycles. The van der Waals surface area contributed by atoms with E-state index in [1.165, 1.54) is 5.56 Å². The van der Waals surface area contributed by atoms with Crippen LogP contribution in [0.3, 0.4) is 0 Å². The van der Waals surface area contributed by atoms with Gasteiger partial charge in [0.05, 0.1) is 12.6 Å². The van der Waals surface area contributed by atoms with Gasteiger partial charge in [-0.3, -0.25) is 0 Å². The fourth-order valence-electron chi connectivity index (χ4n) is 1.86. The van der Waals surface area contributed by atoms with E-state index in [9.17, 15) is 0 Å². The molecule has 18 heavy (non-hydrogen) atoms. The highest BCUT2D eigenvalue weighted by molar-refractivity contribution is 7.09. The van der Waals surface area contributed by atoms with Gasteiger partial charge in [0.25, 0.3) is 0 Å². The number of nitrogens with two attached hydrogens (primary N) is 1. The molecule has 4 heteroatoms. The van der Waals surface area contributed by atoms with Crippen molar-refractivity contribution in [1.82, 2.24) is 4.98 Å². The summed E-state index contributed by atoms with van der Waals surface area (Å²) in [5.74, 6) is 0.863. The molecule has 0 amide bonds. The zero-order valence-electron chi connectivity index (χ0n) is 10.9. The lowest BCUT2D eigenvalue weighted by Crippen LogP contribution is -2.35. The summed E-state index contributed by atoms with van der Waals surface area (Å²) in [6.07, 6.45) is 0.768. The van der Waals surface area contributed by atoms with Crippen molar-refractivity contribution in [1.29, 1.82) is 0 Å². The van der Waals surface area contributed by atoms with Crippen LogP contribution in [0.4, 0.5) is 0 Å². The van der Waals surface area contributed by atoms with Crippen molar-refractivity contribution in [2.24, 2.45) is 5.73 Å². The Kier molecular flexibility index (Phi) is 3.68. The van der Waals surface area contributed by atoms with Crippen LogP contribution < -0.4 is 10.5 Å². The number of thiazole rings is 1. The zero-order chi connectivity index (χ0) is 13.2. The van der Waals surface area contributed by atoms with E-state index in [1.807, 2.05) is 43.5 Å². The first-order valence-corrected chi connectivity index (χ1v) is 6.73. The van der Waals surface area contributed by atoms with Crippen LogP contribution in [0.1, 0.15) is 23.2 Å². The summed E-state index contributed by atoms with van der Waals surface area (Å²) in [6.45, 7) is 4.01. The average Bonchev–Trinajstić information content (AvgIpc) is 2.77. The fourth-order valence-corrected chi connectivity index (χ4v) is 2.73. The third-order valence-corrected chi connectivity index (χ3v) is 4.08. The number of methoxy groups -OCH3 is 1. The molecule has 0 aliphatic carbocycles. The van der Waals surface area contributed by atoms with Crippen LogP contribution in [-0.2, 0) is 12.0 Å². The van der Waals surface area contributed by atoms with Gasteiger partial charge >= 0.3 is 0 Å². The van der Waals surface area contributed by atoms with Crippen molar-refractivity contribution in [3.05, 3.63) is 45.9 Å². The Labute approximate surface area is 112 Å². The lowest BCUT2D eigenvalue weighted by Gasteiger charge is -2.22. The van der Waals surface area contributed by atoms with E-state index in [4.69, 9.17) is 10.5 Å². The van der Waals surface area contributed by atoms with Crippen molar-refractivity contribution >= 4 is 11.3 Å². The Hall–Kier alpha value is -1.39. The second-order valence-corrected chi connectivity index (χ2v) is 5.59. The summed E-state index contributed by atoms with van der Waals surface area (Å²) < 4.78 is 5.15. The number of ether oxygens (including phenoxy) is 1. The lowest BCUT2D eigenvalue weighted by molar-refractivity contribution is 0.414. The minimum Gasteiger partial charge on any atom is -0.497 e. The molecule has 1 aromatic carbocycles. The highest BCUT2D eigenvalue weighted by atomic mass is 32.1. The second-order valence-electron chi connectivity index (χ2n) is 4.74. The standard InChI is InChI=1S/C14H18N2OS/c1-10-9-18-13(16-10)14(2,15)8-11-4-6-12(17-3)7-5-11/h4-7,9H,8,15H2,1-3H3. The highest BCUT2D eigenvalue weighted by Gasteiger charge is 2.25. The van der Waals surface area contributed by atoms with E-state index in [0.717, 1.165) is 22.9 Å². The Morgan fingerprint density at radius 3 is 2.50 bits per heavy atom. The summed E-state index contributed by atoms with van der Waals surface area (Å²) in [7, 11) is 1.67. The molecular weight excluding hydrogens is 244 g/mol. The summed E-state index contributed by atoms with van der Waals surface area (Å²) >= 11 is 1.62. The molecule has 1 aromatic heterocycles. The van der Waals surface area contributed by atoms with Crippen molar-refractivity contribution < 1.29 is 4.74 Å². The molecule has 0 fully saturated rings. The van der Waals surface area contributed by atoms with Crippen LogP contribution in [-0.4, -0.2) is 12.1 Å². The Morgan fingerprint density at radius 1 is 1.33 bits per heavy atom. The lowest BCUT2D eigenvalue weighted by atomic mass is 9.94. The van der Waals surface area contributed by atoms with Crippen molar-refractivity contribution in [3.63, 3.8) is 0 Å². The molecule has 0 spiro atoms. The molecule has 1 unspecified atom stereocenters. The predicted octanol–water partition coefficient (Wildman–Crippen LogP) is 2.88. The third-order valence-electron chi connectivity index (χ3n) is 2.84. The van der Waals surface area contributed by atoms with Gasteiger partial charge in [-0.05, 0) is 38.0 Å². The summed E-state index contributed by atoms with van der Waals surface area (Å²) in [5, 5.41) is 3.02. The van der Waals surface area contributed by atoms with Crippen LogP contribution in [0.25, 0.3) is 0 Å². The SMILES string of the molecule is COc1ccc(CC(C)(N)c2nc(C)cs2)cc1. The first-order chi connectivity index (χ1) is 8.51. The molecule has 2 rings (SSSR count). The van der Waals surface area contributed by atoms with E-state index in [-0.39, 0.29) is 0 Å². The van der Waals surface area contributed by atoms with Gasteiger partial charge in [0.1, 0.15) is 10.8 Å². The Morgan fingerprint density at radius 2 is 2.00 bits per heavy atom. The van der Waals surface area contributed by atoms with Crippen molar-refractivity contribution in [3.8, 4) is 5.75 Å². The molecule has 2 aromatic rings. The van der Waals surface area contributed by atoms with E-state index < -0.39 is 5.54 Å². The maximum Gasteiger partial charge on any atom is 0.118 e. The maximum atomic E-state index is 6.37. The molecule has 2 N–H and O–H groups in total. The summed E-state index contributed by atoms with van der Waals surface area (Å²) in [6, 6.07) is 8.01. The van der Waals surface area contributed by atoms with Gasteiger partial charge in [-0.2, -0.15) is 0 Å². The zero-order valence-corrected chi connectivity index (χ0v) is 11.8. The maximum absolute atomic E-state index is 6.37.